The zero-order valence-corrected chi connectivity index (χ0v) is 15.6. The van der Waals surface area contributed by atoms with Gasteiger partial charge >= 0.3 is 0 Å². The second kappa shape index (κ2) is 9.11. The Morgan fingerprint density at radius 2 is 2.00 bits per heavy atom. The fraction of sp³-hybridized carbons (Fsp3) is 0.882. The first-order chi connectivity index (χ1) is 10.8. The molecule has 0 aromatic heterocycles. The SMILES string of the molecule is CN=C(NCCC(=O)N(C)C)NCC1CCCOC1C(C)(C)C. The topological polar surface area (TPSA) is 66.0 Å². The van der Waals surface area contributed by atoms with Crippen LogP contribution in [0.5, 0.6) is 0 Å². The van der Waals surface area contributed by atoms with E-state index >= 15 is 0 Å². The molecule has 1 saturated heterocycles. The largest absolute Gasteiger partial charge is 0.377 e. The number of aliphatic imine (C=N–C) groups is 1. The number of nitrogens with zero attached hydrogens (tertiary/aromatic N) is 2. The van der Waals surface area contributed by atoms with Crippen molar-refractivity contribution in [3.05, 3.63) is 0 Å². The van der Waals surface area contributed by atoms with Crippen LogP contribution in [0, 0.1) is 11.3 Å². The van der Waals surface area contributed by atoms with Crippen LogP contribution in [0.25, 0.3) is 0 Å². The van der Waals surface area contributed by atoms with Crippen LogP contribution < -0.4 is 10.6 Å². The van der Waals surface area contributed by atoms with Gasteiger partial charge in [0, 0.05) is 53.2 Å². The number of amides is 1. The average molecular weight is 326 g/mol. The Labute approximate surface area is 141 Å². The molecule has 0 spiro atoms. The number of hydrogen-bond acceptors (Lipinski definition) is 3. The van der Waals surface area contributed by atoms with Crippen molar-refractivity contribution in [2.24, 2.45) is 16.3 Å². The molecule has 1 rings (SSSR count). The smallest absolute Gasteiger partial charge is 0.223 e. The summed E-state index contributed by atoms with van der Waals surface area (Å²) in [6.07, 6.45) is 3.01. The molecule has 0 aromatic rings. The molecule has 1 amide bonds. The van der Waals surface area contributed by atoms with Crippen molar-refractivity contribution >= 4 is 11.9 Å². The normalized spacial score (nSPS) is 22.6. The third kappa shape index (κ3) is 6.77. The maximum absolute atomic E-state index is 11.6. The maximum atomic E-state index is 11.6. The van der Waals surface area contributed by atoms with Crippen LogP contribution in [0.15, 0.2) is 4.99 Å². The summed E-state index contributed by atoms with van der Waals surface area (Å²) in [7, 11) is 5.29. The van der Waals surface area contributed by atoms with Gasteiger partial charge < -0.3 is 20.3 Å². The summed E-state index contributed by atoms with van der Waals surface area (Å²) >= 11 is 0. The molecule has 2 atom stereocenters. The Morgan fingerprint density at radius 1 is 1.30 bits per heavy atom. The minimum absolute atomic E-state index is 0.112. The lowest BCUT2D eigenvalue weighted by molar-refractivity contribution is -0.128. The van der Waals surface area contributed by atoms with Crippen molar-refractivity contribution in [3.63, 3.8) is 0 Å². The van der Waals surface area contributed by atoms with E-state index in [1.165, 1.54) is 6.42 Å². The molecular weight excluding hydrogens is 292 g/mol. The van der Waals surface area contributed by atoms with E-state index < -0.39 is 0 Å². The molecule has 0 saturated carbocycles. The second-order valence-electron chi connectivity index (χ2n) is 7.48. The Bertz CT molecular complexity index is 402. The molecule has 134 valence electrons. The lowest BCUT2D eigenvalue weighted by Gasteiger charge is -2.40. The van der Waals surface area contributed by atoms with E-state index in [-0.39, 0.29) is 17.4 Å². The third-order valence-electron chi connectivity index (χ3n) is 4.18. The highest BCUT2D eigenvalue weighted by molar-refractivity contribution is 5.81. The number of nitrogens with one attached hydrogen (secondary N) is 2. The van der Waals surface area contributed by atoms with Crippen molar-refractivity contribution in [1.29, 1.82) is 0 Å². The molecule has 1 aliphatic heterocycles. The van der Waals surface area contributed by atoms with Crippen molar-refractivity contribution in [3.8, 4) is 0 Å². The summed E-state index contributed by atoms with van der Waals surface area (Å²) in [5.41, 5.74) is 0.141. The number of carbonyl (C=O) groups is 1. The van der Waals surface area contributed by atoms with E-state index in [1.807, 2.05) is 0 Å². The van der Waals surface area contributed by atoms with E-state index in [1.54, 1.807) is 26.0 Å². The summed E-state index contributed by atoms with van der Waals surface area (Å²) in [5, 5.41) is 6.58. The van der Waals surface area contributed by atoms with E-state index in [2.05, 4.69) is 36.4 Å². The van der Waals surface area contributed by atoms with Crippen molar-refractivity contribution in [2.45, 2.75) is 46.1 Å². The van der Waals surface area contributed by atoms with Crippen LogP contribution in [-0.4, -0.2) is 63.7 Å². The van der Waals surface area contributed by atoms with Gasteiger partial charge in [0.05, 0.1) is 6.10 Å². The van der Waals surface area contributed by atoms with Crippen LogP contribution in [0.1, 0.15) is 40.0 Å². The molecule has 2 N–H and O–H groups in total. The van der Waals surface area contributed by atoms with Crippen LogP contribution in [0.3, 0.4) is 0 Å². The molecule has 6 heteroatoms. The molecule has 0 aliphatic carbocycles. The Morgan fingerprint density at radius 3 is 2.57 bits per heavy atom. The highest BCUT2D eigenvalue weighted by Gasteiger charge is 2.35. The second-order valence-corrected chi connectivity index (χ2v) is 7.48. The monoisotopic (exact) mass is 326 g/mol. The molecule has 1 aliphatic rings. The first kappa shape index (κ1) is 19.7. The summed E-state index contributed by atoms with van der Waals surface area (Å²) in [5.74, 6) is 1.34. The number of guanidine groups is 1. The Kier molecular flexibility index (Phi) is 7.82. The van der Waals surface area contributed by atoms with Gasteiger partial charge in [-0.1, -0.05) is 20.8 Å². The van der Waals surface area contributed by atoms with E-state index in [0.29, 0.717) is 18.9 Å². The number of hydrogen-bond donors (Lipinski definition) is 2. The Hall–Kier alpha value is -1.30. The Balaban J connectivity index is 2.42. The van der Waals surface area contributed by atoms with Gasteiger partial charge in [-0.3, -0.25) is 9.79 Å². The van der Waals surface area contributed by atoms with Crippen LogP contribution in [-0.2, 0) is 9.53 Å². The first-order valence-electron chi connectivity index (χ1n) is 8.52. The molecule has 6 nitrogen and oxygen atoms in total. The molecule has 1 heterocycles. The van der Waals surface area contributed by atoms with Gasteiger partial charge in [-0.05, 0) is 18.3 Å². The van der Waals surface area contributed by atoms with Gasteiger partial charge in [0.1, 0.15) is 0 Å². The summed E-state index contributed by atoms with van der Waals surface area (Å²) in [6.45, 7) is 8.98. The van der Waals surface area contributed by atoms with E-state index in [9.17, 15) is 4.79 Å². The molecule has 1 fully saturated rings. The molecule has 0 aromatic carbocycles. The van der Waals surface area contributed by atoms with Gasteiger partial charge in [0.15, 0.2) is 5.96 Å². The van der Waals surface area contributed by atoms with Crippen molar-refractivity contribution in [1.82, 2.24) is 15.5 Å². The van der Waals surface area contributed by atoms with Crippen LogP contribution in [0.2, 0.25) is 0 Å². The fourth-order valence-corrected chi connectivity index (χ4v) is 2.97. The van der Waals surface area contributed by atoms with Gasteiger partial charge in [-0.15, -0.1) is 0 Å². The maximum Gasteiger partial charge on any atom is 0.223 e. The minimum Gasteiger partial charge on any atom is -0.377 e. The standard InChI is InChI=1S/C17H34N4O2/c1-17(2,3)15-13(8-7-11-23-15)12-20-16(18-4)19-10-9-14(22)21(5)6/h13,15H,7-12H2,1-6H3,(H2,18,19,20). The minimum atomic E-state index is 0.112. The lowest BCUT2D eigenvalue weighted by Crippen LogP contribution is -2.47. The van der Waals surface area contributed by atoms with Gasteiger partial charge in [0.2, 0.25) is 5.91 Å². The zero-order chi connectivity index (χ0) is 17.5. The van der Waals surface area contributed by atoms with Crippen molar-refractivity contribution in [2.75, 3.05) is 40.8 Å². The van der Waals surface area contributed by atoms with Gasteiger partial charge in [-0.2, -0.15) is 0 Å². The number of ether oxygens (including phenoxy) is 1. The number of rotatable bonds is 5. The molecular formula is C17H34N4O2. The fourth-order valence-electron chi connectivity index (χ4n) is 2.97. The van der Waals surface area contributed by atoms with E-state index in [4.69, 9.17) is 4.74 Å². The quantitative estimate of drug-likeness (QED) is 0.593. The summed E-state index contributed by atoms with van der Waals surface area (Å²) in [6, 6.07) is 0. The predicted molar refractivity (Wildman–Crippen MR) is 94.6 cm³/mol. The van der Waals surface area contributed by atoms with Gasteiger partial charge in [-0.25, -0.2) is 0 Å². The van der Waals surface area contributed by atoms with Crippen LogP contribution >= 0.6 is 0 Å². The lowest BCUT2D eigenvalue weighted by atomic mass is 9.78. The third-order valence-corrected chi connectivity index (χ3v) is 4.18. The van der Waals surface area contributed by atoms with Crippen molar-refractivity contribution < 1.29 is 9.53 Å². The average Bonchev–Trinajstić information content (AvgIpc) is 2.49. The summed E-state index contributed by atoms with van der Waals surface area (Å²) < 4.78 is 6.01. The first-order valence-corrected chi connectivity index (χ1v) is 8.52. The highest BCUT2D eigenvalue weighted by Crippen LogP contribution is 2.33. The predicted octanol–water partition coefficient (Wildman–Crippen LogP) is 1.47. The molecule has 23 heavy (non-hydrogen) atoms. The van der Waals surface area contributed by atoms with E-state index in [0.717, 1.165) is 25.5 Å². The zero-order valence-electron chi connectivity index (χ0n) is 15.6. The van der Waals surface area contributed by atoms with Crippen LogP contribution in [0.4, 0.5) is 0 Å². The summed E-state index contributed by atoms with van der Waals surface area (Å²) in [4.78, 5) is 17.4. The van der Waals surface area contributed by atoms with Gasteiger partial charge in [0.25, 0.3) is 0 Å². The molecule has 2 unspecified atom stereocenters. The highest BCUT2D eigenvalue weighted by atomic mass is 16.5. The number of carbonyl (C=O) groups excluding carboxylic acids is 1. The molecule has 0 radical (unpaired) electrons. The molecule has 0 bridgehead atoms.